The summed E-state index contributed by atoms with van der Waals surface area (Å²) in [6.07, 6.45) is 0. The summed E-state index contributed by atoms with van der Waals surface area (Å²) >= 11 is 0. The second-order valence-electron chi connectivity index (χ2n) is 4.71. The predicted molar refractivity (Wildman–Crippen MR) is 74.0 cm³/mol. The van der Waals surface area contributed by atoms with Crippen LogP contribution in [-0.2, 0) is 4.74 Å². The van der Waals surface area contributed by atoms with E-state index in [-0.39, 0.29) is 0 Å². The highest BCUT2D eigenvalue weighted by molar-refractivity contribution is 5.77. The van der Waals surface area contributed by atoms with Gasteiger partial charge in [-0.15, -0.1) is 0 Å². The third-order valence-corrected chi connectivity index (χ3v) is 3.42. The Morgan fingerprint density at radius 1 is 1.28 bits per heavy atom. The van der Waals surface area contributed by atoms with Gasteiger partial charge >= 0.3 is 0 Å². The van der Waals surface area contributed by atoms with Crippen LogP contribution in [0.2, 0.25) is 0 Å². The van der Waals surface area contributed by atoms with Crippen LogP contribution >= 0.6 is 0 Å². The number of furan rings is 1. The van der Waals surface area contributed by atoms with Gasteiger partial charge < -0.3 is 14.5 Å². The van der Waals surface area contributed by atoms with Crippen LogP contribution in [0.3, 0.4) is 0 Å². The van der Waals surface area contributed by atoms with Crippen molar-refractivity contribution >= 4 is 11.0 Å². The molecule has 0 bridgehead atoms. The number of ether oxygens (including phenoxy) is 1. The fraction of sp³-hybridized carbons (Fsp3) is 0.467. The highest BCUT2D eigenvalue weighted by Gasteiger charge is 2.17. The Morgan fingerprint density at radius 2 is 2.06 bits per heavy atom. The van der Waals surface area contributed by atoms with Crippen molar-refractivity contribution in [3.63, 3.8) is 0 Å². The topological polar surface area (TPSA) is 34.4 Å². The fourth-order valence-corrected chi connectivity index (χ4v) is 2.04. The van der Waals surface area contributed by atoms with E-state index in [0.717, 1.165) is 24.5 Å². The van der Waals surface area contributed by atoms with E-state index in [2.05, 4.69) is 31.3 Å². The Kier molecular flexibility index (Phi) is 4.39. The Morgan fingerprint density at radius 3 is 2.78 bits per heavy atom. The molecular formula is C15H21NO2. The van der Waals surface area contributed by atoms with Crippen molar-refractivity contribution in [2.45, 2.75) is 25.8 Å². The zero-order valence-electron chi connectivity index (χ0n) is 11.3. The molecule has 1 heterocycles. The average molecular weight is 247 g/mol. The summed E-state index contributed by atoms with van der Waals surface area (Å²) in [6, 6.07) is 10.6. The van der Waals surface area contributed by atoms with Crippen LogP contribution in [0, 0.1) is 0 Å². The number of hydrogen-bond donors (Lipinski definition) is 1. The first-order valence-corrected chi connectivity index (χ1v) is 6.43. The monoisotopic (exact) mass is 247 g/mol. The van der Waals surface area contributed by atoms with E-state index >= 15 is 0 Å². The molecule has 0 amide bonds. The van der Waals surface area contributed by atoms with E-state index in [1.54, 1.807) is 7.11 Å². The maximum absolute atomic E-state index is 5.89. The summed E-state index contributed by atoms with van der Waals surface area (Å²) < 4.78 is 10.9. The van der Waals surface area contributed by atoms with Crippen LogP contribution in [0.4, 0.5) is 0 Å². The fourth-order valence-electron chi connectivity index (χ4n) is 2.04. The van der Waals surface area contributed by atoms with Crippen molar-refractivity contribution in [3.8, 4) is 0 Å². The number of hydrogen-bond acceptors (Lipinski definition) is 3. The zero-order chi connectivity index (χ0) is 13.0. The first kappa shape index (κ1) is 13.1. The Balaban J connectivity index is 2.05. The van der Waals surface area contributed by atoms with E-state index < -0.39 is 0 Å². The summed E-state index contributed by atoms with van der Waals surface area (Å²) in [5.74, 6) is 1.38. The van der Waals surface area contributed by atoms with Gasteiger partial charge in [-0.3, -0.25) is 0 Å². The van der Waals surface area contributed by atoms with Gasteiger partial charge in [0.2, 0.25) is 0 Å². The molecule has 2 atom stereocenters. The number of fused-ring (bicyclic) bond motifs is 1. The van der Waals surface area contributed by atoms with E-state index in [0.29, 0.717) is 12.0 Å². The second kappa shape index (κ2) is 6.03. The number of nitrogens with one attached hydrogen (secondary N) is 1. The lowest BCUT2D eigenvalue weighted by atomic mass is 10.0. The van der Waals surface area contributed by atoms with Gasteiger partial charge in [0.05, 0.1) is 6.61 Å². The lowest BCUT2D eigenvalue weighted by Gasteiger charge is -2.19. The molecule has 0 saturated heterocycles. The molecule has 0 aliphatic heterocycles. The molecule has 1 aromatic heterocycles. The molecule has 0 aliphatic rings. The minimum Gasteiger partial charge on any atom is -0.461 e. The van der Waals surface area contributed by atoms with Gasteiger partial charge in [0.15, 0.2) is 0 Å². The number of benzene rings is 1. The average Bonchev–Trinajstić information content (AvgIpc) is 2.81. The van der Waals surface area contributed by atoms with Crippen molar-refractivity contribution in [2.24, 2.45) is 0 Å². The van der Waals surface area contributed by atoms with E-state index in [4.69, 9.17) is 9.15 Å². The third kappa shape index (κ3) is 2.92. The van der Waals surface area contributed by atoms with Crippen molar-refractivity contribution in [1.29, 1.82) is 0 Å². The maximum atomic E-state index is 5.89. The van der Waals surface area contributed by atoms with Crippen LogP contribution < -0.4 is 5.32 Å². The lowest BCUT2D eigenvalue weighted by molar-refractivity contribution is 0.194. The molecule has 0 radical (unpaired) electrons. The molecule has 0 fully saturated rings. The highest BCUT2D eigenvalue weighted by atomic mass is 16.5. The SMILES string of the molecule is COCCNC(C)C(C)c1cc2ccccc2o1. The third-order valence-electron chi connectivity index (χ3n) is 3.42. The number of rotatable bonds is 6. The molecule has 1 aromatic carbocycles. The molecule has 0 saturated carbocycles. The molecule has 3 nitrogen and oxygen atoms in total. The minimum atomic E-state index is 0.342. The molecular weight excluding hydrogens is 226 g/mol. The van der Waals surface area contributed by atoms with Crippen molar-refractivity contribution < 1.29 is 9.15 Å². The molecule has 1 N–H and O–H groups in total. The molecule has 3 heteroatoms. The van der Waals surface area contributed by atoms with E-state index in [1.807, 2.05) is 18.2 Å². The Bertz CT molecular complexity index is 459. The van der Waals surface area contributed by atoms with Gasteiger partial charge in [0.25, 0.3) is 0 Å². The van der Waals surface area contributed by atoms with Gasteiger partial charge in [-0.25, -0.2) is 0 Å². The normalized spacial score (nSPS) is 14.8. The van der Waals surface area contributed by atoms with Crippen molar-refractivity contribution in [3.05, 3.63) is 36.1 Å². The molecule has 2 rings (SSSR count). The molecule has 0 spiro atoms. The van der Waals surface area contributed by atoms with Gasteiger partial charge in [0.1, 0.15) is 11.3 Å². The molecule has 0 aliphatic carbocycles. The molecule has 98 valence electrons. The Hall–Kier alpha value is -1.32. The predicted octanol–water partition coefficient (Wildman–Crippen LogP) is 3.16. The first-order chi connectivity index (χ1) is 8.72. The summed E-state index contributed by atoms with van der Waals surface area (Å²) in [4.78, 5) is 0. The smallest absolute Gasteiger partial charge is 0.134 e. The summed E-state index contributed by atoms with van der Waals surface area (Å²) in [7, 11) is 1.72. The summed E-state index contributed by atoms with van der Waals surface area (Å²) in [5.41, 5.74) is 0.962. The highest BCUT2D eigenvalue weighted by Crippen LogP contribution is 2.26. The molecule has 2 unspecified atom stereocenters. The number of methoxy groups -OCH3 is 1. The molecule has 18 heavy (non-hydrogen) atoms. The maximum Gasteiger partial charge on any atom is 0.134 e. The summed E-state index contributed by atoms with van der Waals surface area (Å²) in [6.45, 7) is 5.95. The van der Waals surface area contributed by atoms with Gasteiger partial charge in [-0.1, -0.05) is 25.1 Å². The van der Waals surface area contributed by atoms with Crippen LogP contribution in [0.1, 0.15) is 25.5 Å². The van der Waals surface area contributed by atoms with Crippen LogP contribution in [0.5, 0.6) is 0 Å². The number of para-hydroxylation sites is 1. The zero-order valence-corrected chi connectivity index (χ0v) is 11.3. The largest absolute Gasteiger partial charge is 0.461 e. The summed E-state index contributed by atoms with van der Waals surface area (Å²) in [5, 5.41) is 4.61. The Labute approximate surface area is 108 Å². The van der Waals surface area contributed by atoms with Crippen LogP contribution in [0.15, 0.2) is 34.7 Å². The minimum absolute atomic E-state index is 0.342. The first-order valence-electron chi connectivity index (χ1n) is 6.43. The van der Waals surface area contributed by atoms with Gasteiger partial charge in [-0.2, -0.15) is 0 Å². The van der Waals surface area contributed by atoms with Gasteiger partial charge in [0, 0.05) is 31.0 Å². The van der Waals surface area contributed by atoms with Crippen molar-refractivity contribution in [1.82, 2.24) is 5.32 Å². The van der Waals surface area contributed by atoms with Crippen LogP contribution in [-0.4, -0.2) is 26.3 Å². The van der Waals surface area contributed by atoms with Gasteiger partial charge in [-0.05, 0) is 19.1 Å². The van der Waals surface area contributed by atoms with E-state index in [1.165, 1.54) is 5.39 Å². The quantitative estimate of drug-likeness (QED) is 0.796. The van der Waals surface area contributed by atoms with Crippen LogP contribution in [0.25, 0.3) is 11.0 Å². The standard InChI is InChI=1S/C15H21NO2/c1-11(12(2)16-8-9-17-3)15-10-13-6-4-5-7-14(13)18-15/h4-7,10-12,16H,8-9H2,1-3H3. The van der Waals surface area contributed by atoms with E-state index in [9.17, 15) is 0 Å². The van der Waals surface area contributed by atoms with Crippen molar-refractivity contribution in [2.75, 3.05) is 20.3 Å². The second-order valence-corrected chi connectivity index (χ2v) is 4.71. The lowest BCUT2D eigenvalue weighted by Crippen LogP contribution is -2.33. The molecule has 2 aromatic rings.